The quantitative estimate of drug-likeness (QED) is 0.914. The van der Waals surface area contributed by atoms with Gasteiger partial charge >= 0.3 is 0 Å². The van der Waals surface area contributed by atoms with Gasteiger partial charge in [0.15, 0.2) is 0 Å². The van der Waals surface area contributed by atoms with Crippen LogP contribution in [0, 0.1) is 26.6 Å². The first-order chi connectivity index (χ1) is 9.93. The molecule has 0 saturated heterocycles. The van der Waals surface area contributed by atoms with E-state index in [0.717, 1.165) is 24.2 Å². The van der Waals surface area contributed by atoms with E-state index in [4.69, 9.17) is 0 Å². The van der Waals surface area contributed by atoms with E-state index >= 15 is 0 Å². The minimum atomic E-state index is -0.143. The van der Waals surface area contributed by atoms with Crippen molar-refractivity contribution in [1.29, 1.82) is 0 Å². The number of hydrogen-bond donors (Lipinski definition) is 1. The molecule has 0 bridgehead atoms. The van der Waals surface area contributed by atoms with E-state index in [1.165, 1.54) is 11.3 Å². The van der Waals surface area contributed by atoms with Gasteiger partial charge in [0.05, 0.1) is 5.69 Å². The van der Waals surface area contributed by atoms with Gasteiger partial charge in [0.25, 0.3) is 0 Å². The maximum absolute atomic E-state index is 13.8. The Morgan fingerprint density at radius 3 is 2.52 bits per heavy atom. The number of rotatable bonds is 5. The van der Waals surface area contributed by atoms with Crippen molar-refractivity contribution in [3.05, 3.63) is 52.1 Å². The molecule has 0 radical (unpaired) electrons. The molecular formula is C17H24FN3. The van der Waals surface area contributed by atoms with Crippen molar-refractivity contribution in [2.75, 3.05) is 6.54 Å². The molecule has 1 aromatic heterocycles. The Morgan fingerprint density at radius 1 is 1.29 bits per heavy atom. The van der Waals surface area contributed by atoms with Gasteiger partial charge in [0, 0.05) is 18.8 Å². The van der Waals surface area contributed by atoms with Gasteiger partial charge < -0.3 is 5.32 Å². The topological polar surface area (TPSA) is 29.9 Å². The predicted octanol–water partition coefficient (Wildman–Crippen LogP) is 3.38. The van der Waals surface area contributed by atoms with Crippen molar-refractivity contribution in [3.63, 3.8) is 0 Å². The molecule has 4 heteroatoms. The smallest absolute Gasteiger partial charge is 0.126 e. The van der Waals surface area contributed by atoms with Gasteiger partial charge in [-0.25, -0.2) is 4.39 Å². The van der Waals surface area contributed by atoms with Crippen molar-refractivity contribution >= 4 is 0 Å². The second-order valence-electron chi connectivity index (χ2n) is 5.60. The minimum absolute atomic E-state index is 0.103. The molecule has 2 aromatic rings. The fourth-order valence-electron chi connectivity index (χ4n) is 2.70. The Bertz CT molecular complexity index is 631. The van der Waals surface area contributed by atoms with E-state index in [0.29, 0.717) is 5.56 Å². The van der Waals surface area contributed by atoms with Crippen LogP contribution in [0.1, 0.15) is 41.0 Å². The lowest BCUT2D eigenvalue weighted by atomic mass is 9.96. The van der Waals surface area contributed by atoms with Gasteiger partial charge in [0.2, 0.25) is 0 Å². The SMILES string of the molecule is CCNC(Cc1c(C)nn(C)c1C)c1ccc(C)c(F)c1. The summed E-state index contributed by atoms with van der Waals surface area (Å²) in [5.41, 5.74) is 5.13. The predicted molar refractivity (Wildman–Crippen MR) is 83.9 cm³/mol. The van der Waals surface area contributed by atoms with Gasteiger partial charge in [-0.1, -0.05) is 19.1 Å². The maximum Gasteiger partial charge on any atom is 0.126 e. The fourth-order valence-corrected chi connectivity index (χ4v) is 2.70. The molecular weight excluding hydrogens is 265 g/mol. The van der Waals surface area contributed by atoms with Crippen LogP contribution in [0.3, 0.4) is 0 Å². The zero-order chi connectivity index (χ0) is 15.6. The summed E-state index contributed by atoms with van der Waals surface area (Å²) in [6.45, 7) is 8.81. The van der Waals surface area contributed by atoms with Crippen LogP contribution in [0.4, 0.5) is 4.39 Å². The second kappa shape index (κ2) is 6.39. The van der Waals surface area contributed by atoms with Gasteiger partial charge in [-0.3, -0.25) is 4.68 Å². The third kappa shape index (κ3) is 3.32. The molecule has 21 heavy (non-hydrogen) atoms. The first-order valence-corrected chi connectivity index (χ1v) is 7.42. The molecule has 1 aromatic carbocycles. The first kappa shape index (κ1) is 15.7. The number of hydrogen-bond acceptors (Lipinski definition) is 2. The van der Waals surface area contributed by atoms with Crippen molar-refractivity contribution in [2.24, 2.45) is 7.05 Å². The second-order valence-corrected chi connectivity index (χ2v) is 5.60. The molecule has 0 saturated carbocycles. The molecule has 0 spiro atoms. The zero-order valence-corrected chi connectivity index (χ0v) is 13.5. The Hall–Kier alpha value is -1.68. The maximum atomic E-state index is 13.8. The van der Waals surface area contributed by atoms with Crippen LogP contribution < -0.4 is 5.32 Å². The lowest BCUT2D eigenvalue weighted by Gasteiger charge is -2.19. The van der Waals surface area contributed by atoms with E-state index in [-0.39, 0.29) is 11.9 Å². The van der Waals surface area contributed by atoms with Crippen LogP contribution in [0.5, 0.6) is 0 Å². The number of benzene rings is 1. The third-order valence-electron chi connectivity index (χ3n) is 4.12. The van der Waals surface area contributed by atoms with Gasteiger partial charge in [-0.2, -0.15) is 5.10 Å². The van der Waals surface area contributed by atoms with Gasteiger partial charge in [-0.05, 0) is 56.5 Å². The molecule has 114 valence electrons. The summed E-state index contributed by atoms with van der Waals surface area (Å²) in [7, 11) is 1.96. The Balaban J connectivity index is 2.32. The average molecular weight is 289 g/mol. The number of halogens is 1. The van der Waals surface area contributed by atoms with E-state index < -0.39 is 0 Å². The highest BCUT2D eigenvalue weighted by atomic mass is 19.1. The number of likely N-dealkylation sites (N-methyl/N-ethyl adjacent to an activating group) is 1. The largest absolute Gasteiger partial charge is 0.310 e. The van der Waals surface area contributed by atoms with Crippen molar-refractivity contribution in [3.8, 4) is 0 Å². The third-order valence-corrected chi connectivity index (χ3v) is 4.12. The van der Waals surface area contributed by atoms with Crippen LogP contribution in [0.25, 0.3) is 0 Å². The van der Waals surface area contributed by atoms with E-state index in [2.05, 4.69) is 24.3 Å². The van der Waals surface area contributed by atoms with E-state index in [1.807, 2.05) is 30.8 Å². The van der Waals surface area contributed by atoms with Crippen molar-refractivity contribution in [1.82, 2.24) is 15.1 Å². The highest BCUT2D eigenvalue weighted by Crippen LogP contribution is 2.24. The van der Waals surface area contributed by atoms with E-state index in [9.17, 15) is 4.39 Å². The molecule has 0 fully saturated rings. The number of nitrogens with zero attached hydrogens (tertiary/aromatic N) is 2. The Kier molecular flexibility index (Phi) is 4.78. The summed E-state index contributed by atoms with van der Waals surface area (Å²) in [6.07, 6.45) is 0.821. The molecule has 0 aliphatic carbocycles. The normalized spacial score (nSPS) is 12.7. The zero-order valence-electron chi connectivity index (χ0n) is 13.5. The van der Waals surface area contributed by atoms with Gasteiger partial charge in [0.1, 0.15) is 5.82 Å². The molecule has 1 heterocycles. The molecule has 0 amide bonds. The molecule has 1 atom stereocenters. The Morgan fingerprint density at radius 2 is 2.00 bits per heavy atom. The first-order valence-electron chi connectivity index (χ1n) is 7.42. The highest BCUT2D eigenvalue weighted by Gasteiger charge is 2.17. The number of aromatic nitrogens is 2. The van der Waals surface area contributed by atoms with E-state index in [1.54, 1.807) is 13.0 Å². The lowest BCUT2D eigenvalue weighted by molar-refractivity contribution is 0.539. The van der Waals surface area contributed by atoms with Crippen LogP contribution in [-0.4, -0.2) is 16.3 Å². The summed E-state index contributed by atoms with van der Waals surface area (Å²) < 4.78 is 15.7. The molecule has 0 aliphatic heterocycles. The van der Waals surface area contributed by atoms with Crippen LogP contribution >= 0.6 is 0 Å². The van der Waals surface area contributed by atoms with Crippen molar-refractivity contribution < 1.29 is 4.39 Å². The average Bonchev–Trinajstić information content (AvgIpc) is 2.68. The van der Waals surface area contributed by atoms with Gasteiger partial charge in [-0.15, -0.1) is 0 Å². The lowest BCUT2D eigenvalue weighted by Crippen LogP contribution is -2.23. The minimum Gasteiger partial charge on any atom is -0.310 e. The Labute approximate surface area is 126 Å². The van der Waals surface area contributed by atoms with Crippen molar-refractivity contribution in [2.45, 2.75) is 40.2 Å². The monoisotopic (exact) mass is 289 g/mol. The molecule has 2 rings (SSSR count). The number of nitrogens with one attached hydrogen (secondary N) is 1. The van der Waals surface area contributed by atoms with Crippen LogP contribution in [-0.2, 0) is 13.5 Å². The summed E-state index contributed by atoms with van der Waals surface area (Å²) in [5, 5.41) is 7.92. The summed E-state index contributed by atoms with van der Waals surface area (Å²) >= 11 is 0. The molecule has 1 unspecified atom stereocenters. The summed E-state index contributed by atoms with van der Waals surface area (Å²) in [5.74, 6) is -0.143. The molecule has 3 nitrogen and oxygen atoms in total. The summed E-state index contributed by atoms with van der Waals surface area (Å²) in [4.78, 5) is 0. The van der Waals surface area contributed by atoms with Crippen LogP contribution in [0.2, 0.25) is 0 Å². The number of aryl methyl sites for hydroxylation is 3. The van der Waals surface area contributed by atoms with Crippen LogP contribution in [0.15, 0.2) is 18.2 Å². The molecule has 1 N–H and O–H groups in total. The highest BCUT2D eigenvalue weighted by molar-refractivity contribution is 5.31. The molecule has 0 aliphatic rings. The standard InChI is InChI=1S/C17H24FN3/c1-6-19-17(14-8-7-11(2)16(18)9-14)10-15-12(3)20-21(5)13(15)4/h7-9,17,19H,6,10H2,1-5H3. The summed E-state index contributed by atoms with van der Waals surface area (Å²) in [6, 6.07) is 5.60. The fraction of sp³-hybridized carbons (Fsp3) is 0.471.